The van der Waals surface area contributed by atoms with Gasteiger partial charge in [-0.3, -0.25) is 4.79 Å². The highest BCUT2D eigenvalue weighted by atomic mass is 79.9. The third kappa shape index (κ3) is 4.72. The summed E-state index contributed by atoms with van der Waals surface area (Å²) in [6, 6.07) is 4.17. The SMILES string of the molecule is NC(=O)c1cc(OCc2ccc(F)cc2C(F)(F)F)c2sc(C(F)(F)P(O)O)c(Br)c2c1. The first-order chi connectivity index (χ1) is 14.7. The molecule has 0 saturated heterocycles. The van der Waals surface area contributed by atoms with Gasteiger partial charge in [0.15, 0.2) is 0 Å². The van der Waals surface area contributed by atoms with E-state index in [0.717, 1.165) is 24.3 Å². The van der Waals surface area contributed by atoms with Crippen molar-refractivity contribution in [2.24, 2.45) is 5.73 Å². The molecular formula is C18H11BrF6NO4PS. The minimum absolute atomic E-state index is 0.00276. The Morgan fingerprint density at radius 2 is 1.81 bits per heavy atom. The lowest BCUT2D eigenvalue weighted by Gasteiger charge is -2.15. The van der Waals surface area contributed by atoms with Crippen LogP contribution in [0.3, 0.4) is 0 Å². The van der Waals surface area contributed by atoms with Gasteiger partial charge in [-0.1, -0.05) is 6.07 Å². The molecule has 1 amide bonds. The lowest BCUT2D eigenvalue weighted by molar-refractivity contribution is -0.138. The van der Waals surface area contributed by atoms with Gasteiger partial charge in [-0.2, -0.15) is 22.0 Å². The van der Waals surface area contributed by atoms with E-state index < -0.39 is 54.6 Å². The van der Waals surface area contributed by atoms with Crippen molar-refractivity contribution in [2.75, 3.05) is 0 Å². The van der Waals surface area contributed by atoms with Crippen LogP contribution in [0.5, 0.6) is 5.75 Å². The highest BCUT2D eigenvalue weighted by Crippen LogP contribution is 2.58. The zero-order valence-electron chi connectivity index (χ0n) is 15.4. The molecule has 32 heavy (non-hydrogen) atoms. The van der Waals surface area contributed by atoms with Crippen LogP contribution in [-0.2, 0) is 18.4 Å². The van der Waals surface area contributed by atoms with Crippen molar-refractivity contribution in [3.8, 4) is 5.75 Å². The van der Waals surface area contributed by atoms with Crippen molar-refractivity contribution in [1.82, 2.24) is 0 Å². The Labute approximate surface area is 189 Å². The number of rotatable bonds is 6. The molecule has 172 valence electrons. The van der Waals surface area contributed by atoms with Crippen LogP contribution in [0.25, 0.3) is 10.1 Å². The summed E-state index contributed by atoms with van der Waals surface area (Å²) >= 11 is 3.33. The number of ether oxygens (including phenoxy) is 1. The van der Waals surface area contributed by atoms with Crippen molar-refractivity contribution in [1.29, 1.82) is 0 Å². The van der Waals surface area contributed by atoms with Gasteiger partial charge in [0.1, 0.15) is 18.2 Å². The molecule has 14 heteroatoms. The zero-order valence-corrected chi connectivity index (χ0v) is 18.7. The topological polar surface area (TPSA) is 92.8 Å². The van der Waals surface area contributed by atoms with Gasteiger partial charge in [0.05, 0.1) is 15.1 Å². The molecule has 0 aliphatic carbocycles. The fourth-order valence-corrected chi connectivity index (χ4v) is 5.55. The largest absolute Gasteiger partial charge is 0.487 e. The van der Waals surface area contributed by atoms with Crippen LogP contribution < -0.4 is 10.5 Å². The molecular weight excluding hydrogens is 551 g/mol. The second-order valence-corrected chi connectivity index (χ2v) is 9.33. The first-order valence-corrected chi connectivity index (χ1v) is 11.2. The van der Waals surface area contributed by atoms with E-state index in [2.05, 4.69) is 15.9 Å². The summed E-state index contributed by atoms with van der Waals surface area (Å²) in [7, 11) is -3.71. The average molecular weight is 562 g/mol. The second-order valence-electron chi connectivity index (χ2n) is 6.38. The predicted octanol–water partition coefficient (Wildman–Crippen LogP) is 5.85. The van der Waals surface area contributed by atoms with Gasteiger partial charge in [0, 0.05) is 21.0 Å². The van der Waals surface area contributed by atoms with Crippen molar-refractivity contribution >= 4 is 51.6 Å². The quantitative estimate of drug-likeness (QED) is 0.260. The molecule has 0 atom stereocenters. The number of halogens is 7. The van der Waals surface area contributed by atoms with Gasteiger partial charge in [-0.25, -0.2) is 4.39 Å². The fraction of sp³-hybridized carbons (Fsp3) is 0.167. The minimum Gasteiger partial charge on any atom is -0.487 e. The van der Waals surface area contributed by atoms with Crippen LogP contribution in [0.15, 0.2) is 34.8 Å². The smallest absolute Gasteiger partial charge is 0.416 e. The summed E-state index contributed by atoms with van der Waals surface area (Å²) in [5.41, 5.74) is -0.704. The summed E-state index contributed by atoms with van der Waals surface area (Å²) in [5.74, 6) is -2.33. The third-order valence-electron chi connectivity index (χ3n) is 4.26. The monoisotopic (exact) mass is 561 g/mol. The average Bonchev–Trinajstić information content (AvgIpc) is 3.03. The molecule has 0 aliphatic heterocycles. The molecule has 4 N–H and O–H groups in total. The van der Waals surface area contributed by atoms with Gasteiger partial charge in [-0.15, -0.1) is 11.3 Å². The molecule has 0 saturated carbocycles. The molecule has 0 radical (unpaired) electrons. The van der Waals surface area contributed by atoms with E-state index in [0.29, 0.717) is 17.4 Å². The van der Waals surface area contributed by atoms with Crippen LogP contribution in [0.4, 0.5) is 26.3 Å². The van der Waals surface area contributed by atoms with Crippen LogP contribution >= 0.6 is 35.6 Å². The Bertz CT molecular complexity index is 1200. The Morgan fingerprint density at radius 1 is 1.16 bits per heavy atom. The van der Waals surface area contributed by atoms with E-state index in [1.54, 1.807) is 0 Å². The number of fused-ring (bicyclic) bond motifs is 1. The Balaban J connectivity index is 2.12. The molecule has 3 rings (SSSR count). The van der Waals surface area contributed by atoms with Crippen LogP contribution in [0, 0.1) is 5.82 Å². The minimum atomic E-state index is -4.88. The molecule has 0 fully saturated rings. The Hall–Kier alpha value is -1.92. The number of benzene rings is 2. The number of primary amides is 1. The Kier molecular flexibility index (Phi) is 6.79. The normalized spacial score (nSPS) is 12.6. The molecule has 5 nitrogen and oxygen atoms in total. The number of nitrogens with two attached hydrogens (primary N) is 1. The van der Waals surface area contributed by atoms with E-state index in [-0.39, 0.29) is 25.9 Å². The van der Waals surface area contributed by atoms with E-state index in [9.17, 15) is 31.1 Å². The van der Waals surface area contributed by atoms with Gasteiger partial charge < -0.3 is 20.3 Å². The summed E-state index contributed by atoms with van der Waals surface area (Å²) in [4.78, 5) is 29.1. The van der Waals surface area contributed by atoms with Crippen molar-refractivity contribution < 1.29 is 45.7 Å². The molecule has 1 aromatic heterocycles. The number of thiophene rings is 1. The summed E-state index contributed by atoms with van der Waals surface area (Å²) in [6.07, 6.45) is -4.88. The highest BCUT2D eigenvalue weighted by Gasteiger charge is 2.45. The molecule has 1 heterocycles. The maximum absolute atomic E-state index is 14.3. The summed E-state index contributed by atoms with van der Waals surface area (Å²) in [6.45, 7) is -0.736. The number of alkyl halides is 5. The lowest BCUT2D eigenvalue weighted by Crippen LogP contribution is -2.12. The van der Waals surface area contributed by atoms with Gasteiger partial charge in [-0.05, 0) is 40.2 Å². The van der Waals surface area contributed by atoms with E-state index in [1.165, 1.54) is 0 Å². The van der Waals surface area contributed by atoms with Gasteiger partial charge >= 0.3 is 11.8 Å². The lowest BCUT2D eigenvalue weighted by atomic mass is 10.1. The van der Waals surface area contributed by atoms with Crippen molar-refractivity contribution in [3.63, 3.8) is 0 Å². The van der Waals surface area contributed by atoms with Gasteiger partial charge in [0.25, 0.3) is 0 Å². The van der Waals surface area contributed by atoms with Gasteiger partial charge in [0.2, 0.25) is 14.3 Å². The maximum Gasteiger partial charge on any atom is 0.416 e. The molecule has 0 aliphatic rings. The molecule has 0 bridgehead atoms. The first kappa shape index (κ1) is 24.7. The standard InChI is InChI=1S/C18H11BrF6NO4PS/c19-13-10-3-8(16(26)27)4-12(14(10)32-15(13)18(24,25)31(28)29)30-6-7-1-2-9(20)5-11(7)17(21,22)23/h1-5,28-29H,6H2,(H2,26,27). The third-order valence-corrected chi connectivity index (χ3v) is 7.52. The Morgan fingerprint density at radius 3 is 2.38 bits per heavy atom. The summed E-state index contributed by atoms with van der Waals surface area (Å²) < 4.78 is 86.6. The van der Waals surface area contributed by atoms with Crippen LogP contribution in [0.2, 0.25) is 0 Å². The first-order valence-electron chi connectivity index (χ1n) is 8.34. The van der Waals surface area contributed by atoms with Crippen LogP contribution in [0.1, 0.15) is 26.4 Å². The van der Waals surface area contributed by atoms with Crippen molar-refractivity contribution in [2.45, 2.75) is 18.4 Å². The number of hydrogen-bond acceptors (Lipinski definition) is 5. The number of carbonyl (C=O) groups excluding carboxylic acids is 1. The predicted molar refractivity (Wildman–Crippen MR) is 109 cm³/mol. The zero-order chi connectivity index (χ0) is 24.0. The number of carbonyl (C=O) groups is 1. The molecule has 0 unspecified atom stereocenters. The van der Waals surface area contributed by atoms with E-state index >= 15 is 0 Å². The maximum atomic E-state index is 14.3. The summed E-state index contributed by atoms with van der Waals surface area (Å²) in [5, 5.41) is 0.00276. The van der Waals surface area contributed by atoms with Crippen molar-refractivity contribution in [3.05, 3.63) is 62.2 Å². The van der Waals surface area contributed by atoms with E-state index in [1.807, 2.05) is 0 Å². The van der Waals surface area contributed by atoms with E-state index in [4.69, 9.17) is 20.3 Å². The molecule has 0 spiro atoms. The van der Waals surface area contributed by atoms with Crippen LogP contribution in [-0.4, -0.2) is 15.7 Å². The number of hydrogen-bond donors (Lipinski definition) is 3. The fourth-order valence-electron chi connectivity index (χ4n) is 2.77. The molecule has 3 aromatic rings. The second kappa shape index (κ2) is 8.79. The number of amides is 1. The highest BCUT2D eigenvalue weighted by molar-refractivity contribution is 9.10. The molecule has 2 aromatic carbocycles.